The van der Waals surface area contributed by atoms with E-state index in [1.165, 1.54) is 6.08 Å². The fourth-order valence-electron chi connectivity index (χ4n) is 1.28. The minimum Gasteiger partial charge on any atom is -0.387 e. The third-order valence-electron chi connectivity index (χ3n) is 1.89. The van der Waals surface area contributed by atoms with E-state index in [1.54, 1.807) is 0 Å². The Morgan fingerprint density at radius 2 is 2.20 bits per heavy atom. The SMILES string of the molecule is OC1C2C=C[C@](F)(O2)C1O. The largest absolute Gasteiger partial charge is 0.387 e. The van der Waals surface area contributed by atoms with Crippen molar-refractivity contribution in [3.8, 4) is 0 Å². The number of aliphatic hydroxyl groups excluding tert-OH is 2. The summed E-state index contributed by atoms with van der Waals surface area (Å²) in [4.78, 5) is 0. The van der Waals surface area contributed by atoms with Crippen LogP contribution in [0, 0.1) is 0 Å². The minimum atomic E-state index is -2.13. The van der Waals surface area contributed by atoms with Crippen LogP contribution in [0.25, 0.3) is 0 Å². The topological polar surface area (TPSA) is 49.7 Å². The molecule has 0 radical (unpaired) electrons. The Morgan fingerprint density at radius 1 is 1.50 bits per heavy atom. The van der Waals surface area contributed by atoms with Crippen molar-refractivity contribution in [1.82, 2.24) is 0 Å². The van der Waals surface area contributed by atoms with E-state index in [0.29, 0.717) is 0 Å². The summed E-state index contributed by atoms with van der Waals surface area (Å²) in [6.07, 6.45) is -0.663. The highest BCUT2D eigenvalue weighted by Gasteiger charge is 2.56. The number of halogens is 1. The van der Waals surface area contributed by atoms with Crippen LogP contribution in [0.4, 0.5) is 4.39 Å². The molecule has 2 heterocycles. The van der Waals surface area contributed by atoms with E-state index in [2.05, 4.69) is 4.74 Å². The second-order valence-corrected chi connectivity index (χ2v) is 2.57. The number of fused-ring (bicyclic) bond motifs is 2. The zero-order chi connectivity index (χ0) is 7.35. The van der Waals surface area contributed by atoms with Gasteiger partial charge in [0.1, 0.15) is 18.3 Å². The fraction of sp³-hybridized carbons (Fsp3) is 0.667. The van der Waals surface area contributed by atoms with Crippen molar-refractivity contribution < 1.29 is 19.3 Å². The van der Waals surface area contributed by atoms with E-state index in [0.717, 1.165) is 6.08 Å². The van der Waals surface area contributed by atoms with Crippen LogP contribution in [0.15, 0.2) is 12.2 Å². The lowest BCUT2D eigenvalue weighted by molar-refractivity contribution is -0.119. The van der Waals surface area contributed by atoms with Crippen molar-refractivity contribution in [2.75, 3.05) is 0 Å². The maximum absolute atomic E-state index is 13.0. The predicted molar refractivity (Wildman–Crippen MR) is 29.9 cm³/mol. The van der Waals surface area contributed by atoms with Crippen LogP contribution < -0.4 is 0 Å². The standard InChI is InChI=1S/C6H7FO3/c7-6-2-1-3(10-6)4(8)5(6)9/h1-5,8-9H/t3?,4?,5?,6-/m0/s1. The molecule has 0 amide bonds. The first-order valence-electron chi connectivity index (χ1n) is 3.06. The molecule has 0 saturated carbocycles. The molecule has 2 aliphatic heterocycles. The summed E-state index contributed by atoms with van der Waals surface area (Å²) in [6, 6.07) is 0. The van der Waals surface area contributed by atoms with Crippen molar-refractivity contribution in [1.29, 1.82) is 0 Å². The maximum Gasteiger partial charge on any atom is 0.258 e. The van der Waals surface area contributed by atoms with Crippen LogP contribution >= 0.6 is 0 Å². The lowest BCUT2D eigenvalue weighted by Crippen LogP contribution is -2.39. The monoisotopic (exact) mass is 146 g/mol. The number of rotatable bonds is 0. The average Bonchev–Trinajstić information content (AvgIpc) is 2.35. The van der Waals surface area contributed by atoms with E-state index in [1.807, 2.05) is 0 Å². The molecule has 10 heavy (non-hydrogen) atoms. The molecule has 0 aromatic rings. The van der Waals surface area contributed by atoms with Gasteiger partial charge in [-0.05, 0) is 6.08 Å². The fourth-order valence-corrected chi connectivity index (χ4v) is 1.28. The number of aliphatic hydroxyl groups is 2. The van der Waals surface area contributed by atoms with E-state index in [-0.39, 0.29) is 0 Å². The van der Waals surface area contributed by atoms with E-state index >= 15 is 0 Å². The van der Waals surface area contributed by atoms with Gasteiger partial charge in [-0.3, -0.25) is 0 Å². The molecule has 4 atom stereocenters. The molecular weight excluding hydrogens is 139 g/mol. The Morgan fingerprint density at radius 3 is 2.50 bits per heavy atom. The first-order valence-corrected chi connectivity index (χ1v) is 3.06. The van der Waals surface area contributed by atoms with Gasteiger partial charge in [0.2, 0.25) is 0 Å². The number of ether oxygens (including phenoxy) is 1. The summed E-state index contributed by atoms with van der Waals surface area (Å²) >= 11 is 0. The third-order valence-corrected chi connectivity index (χ3v) is 1.89. The summed E-state index contributed by atoms with van der Waals surface area (Å²) in [5.41, 5.74) is 0. The van der Waals surface area contributed by atoms with Crippen molar-refractivity contribution in [2.24, 2.45) is 0 Å². The van der Waals surface area contributed by atoms with Crippen LogP contribution in [0.2, 0.25) is 0 Å². The summed E-state index contributed by atoms with van der Waals surface area (Å²) in [7, 11) is 0. The Balaban J connectivity index is 2.35. The van der Waals surface area contributed by atoms with E-state index in [9.17, 15) is 4.39 Å². The molecule has 3 unspecified atom stereocenters. The summed E-state index contributed by atoms with van der Waals surface area (Å²) in [5.74, 6) is -2.13. The van der Waals surface area contributed by atoms with Gasteiger partial charge < -0.3 is 14.9 Å². The first-order chi connectivity index (χ1) is 4.63. The maximum atomic E-state index is 13.0. The van der Waals surface area contributed by atoms with E-state index < -0.39 is 24.2 Å². The molecule has 2 bridgehead atoms. The van der Waals surface area contributed by atoms with Crippen molar-refractivity contribution >= 4 is 0 Å². The molecule has 0 aromatic heterocycles. The van der Waals surface area contributed by atoms with Crippen LogP contribution in [0.3, 0.4) is 0 Å². The molecule has 2 N–H and O–H groups in total. The van der Waals surface area contributed by atoms with Gasteiger partial charge in [-0.25, -0.2) is 4.39 Å². The van der Waals surface area contributed by atoms with Crippen molar-refractivity contribution in [2.45, 2.75) is 24.2 Å². The molecule has 4 heteroatoms. The number of alkyl halides is 1. The van der Waals surface area contributed by atoms with Crippen LogP contribution in [0.5, 0.6) is 0 Å². The number of hydrogen-bond donors (Lipinski definition) is 2. The van der Waals surface area contributed by atoms with Gasteiger partial charge in [-0.2, -0.15) is 0 Å². The Kier molecular flexibility index (Phi) is 0.993. The average molecular weight is 146 g/mol. The Hall–Kier alpha value is -0.450. The predicted octanol–water partition coefficient (Wildman–Crippen LogP) is -0.657. The third kappa shape index (κ3) is 0.537. The molecular formula is C6H7FO3. The van der Waals surface area contributed by atoms with Gasteiger partial charge in [0.15, 0.2) is 0 Å². The quantitative estimate of drug-likeness (QED) is 0.446. The van der Waals surface area contributed by atoms with Gasteiger partial charge in [0.25, 0.3) is 5.85 Å². The second-order valence-electron chi connectivity index (χ2n) is 2.57. The Bertz CT molecular complexity index is 193. The van der Waals surface area contributed by atoms with Gasteiger partial charge in [-0.15, -0.1) is 0 Å². The summed E-state index contributed by atoms with van der Waals surface area (Å²) < 4.78 is 17.6. The highest BCUT2D eigenvalue weighted by molar-refractivity contribution is 5.20. The molecule has 56 valence electrons. The molecule has 1 saturated heterocycles. The van der Waals surface area contributed by atoms with E-state index in [4.69, 9.17) is 10.2 Å². The molecule has 2 aliphatic rings. The van der Waals surface area contributed by atoms with Crippen molar-refractivity contribution in [3.05, 3.63) is 12.2 Å². The zero-order valence-corrected chi connectivity index (χ0v) is 5.07. The second kappa shape index (κ2) is 1.58. The zero-order valence-electron chi connectivity index (χ0n) is 5.07. The Labute approximate surface area is 56.7 Å². The molecule has 0 spiro atoms. The van der Waals surface area contributed by atoms with Crippen LogP contribution in [-0.2, 0) is 4.74 Å². The van der Waals surface area contributed by atoms with Gasteiger partial charge in [-0.1, -0.05) is 6.08 Å². The van der Waals surface area contributed by atoms with Gasteiger partial charge in [0, 0.05) is 0 Å². The van der Waals surface area contributed by atoms with Crippen molar-refractivity contribution in [3.63, 3.8) is 0 Å². The smallest absolute Gasteiger partial charge is 0.258 e. The lowest BCUT2D eigenvalue weighted by atomic mass is 10.0. The number of hydrogen-bond acceptors (Lipinski definition) is 3. The van der Waals surface area contributed by atoms with Gasteiger partial charge >= 0.3 is 0 Å². The molecule has 0 aliphatic carbocycles. The normalized spacial score (nSPS) is 58.1. The minimum absolute atomic E-state index is 0.667. The molecule has 1 fully saturated rings. The summed E-state index contributed by atoms with van der Waals surface area (Å²) in [6.45, 7) is 0. The summed E-state index contributed by atoms with van der Waals surface area (Å²) in [5, 5.41) is 17.9. The van der Waals surface area contributed by atoms with Gasteiger partial charge in [0.05, 0.1) is 0 Å². The molecule has 2 rings (SSSR count). The van der Waals surface area contributed by atoms with Crippen LogP contribution in [-0.4, -0.2) is 34.4 Å². The highest BCUT2D eigenvalue weighted by atomic mass is 19.2. The highest BCUT2D eigenvalue weighted by Crippen LogP contribution is 2.39. The lowest BCUT2D eigenvalue weighted by Gasteiger charge is -2.18. The molecule has 0 aromatic carbocycles. The molecule has 3 nitrogen and oxygen atoms in total. The first kappa shape index (κ1) is 6.27. The van der Waals surface area contributed by atoms with Crippen LogP contribution in [0.1, 0.15) is 0 Å².